The number of carbonyl (C=O) groups excluding carboxylic acids is 1. The molecule has 12 heteroatoms. The second kappa shape index (κ2) is 7.82. The van der Waals surface area contributed by atoms with Crippen molar-refractivity contribution >= 4 is 22.8 Å². The third-order valence-electron chi connectivity index (χ3n) is 5.26. The van der Waals surface area contributed by atoms with Gasteiger partial charge in [-0.25, -0.2) is 19.4 Å². The topological polar surface area (TPSA) is 139 Å². The molecule has 1 fully saturated rings. The number of hydrogen-bond acceptors (Lipinski definition) is 9. The quantitative estimate of drug-likeness (QED) is 0.419. The number of amides is 1. The molecule has 1 N–H and O–H groups in total. The summed E-state index contributed by atoms with van der Waals surface area (Å²) >= 11 is 0. The molecule has 5 aromatic rings. The van der Waals surface area contributed by atoms with Gasteiger partial charge in [0.15, 0.2) is 5.82 Å². The molecule has 4 aromatic heterocycles. The van der Waals surface area contributed by atoms with Crippen LogP contribution >= 0.6 is 0 Å². The van der Waals surface area contributed by atoms with E-state index in [-0.39, 0.29) is 6.03 Å². The number of ether oxygens (including phenoxy) is 1. The summed E-state index contributed by atoms with van der Waals surface area (Å²) in [7, 11) is 0. The first-order valence-corrected chi connectivity index (χ1v) is 10.3. The van der Waals surface area contributed by atoms with E-state index in [2.05, 4.69) is 36.0 Å². The SMILES string of the molecule is O=C(Nc1cc(C2CC2)on1)n1ccc2cc(Oc3cc(Cn4cnnn4)ncn3)ccc21. The van der Waals surface area contributed by atoms with Gasteiger partial charge < -0.3 is 9.26 Å². The van der Waals surface area contributed by atoms with Gasteiger partial charge in [-0.1, -0.05) is 5.16 Å². The molecule has 12 nitrogen and oxygen atoms in total. The Morgan fingerprint density at radius 1 is 1.18 bits per heavy atom. The fourth-order valence-corrected chi connectivity index (χ4v) is 3.50. The second-order valence-corrected chi connectivity index (χ2v) is 7.68. The van der Waals surface area contributed by atoms with E-state index >= 15 is 0 Å². The smallest absolute Gasteiger partial charge is 0.331 e. The summed E-state index contributed by atoms with van der Waals surface area (Å²) in [6, 6.07) is 10.4. The lowest BCUT2D eigenvalue weighted by atomic mass is 10.2. The van der Waals surface area contributed by atoms with Gasteiger partial charge in [0.25, 0.3) is 0 Å². The van der Waals surface area contributed by atoms with Crippen LogP contribution in [-0.2, 0) is 6.54 Å². The molecule has 6 rings (SSSR count). The van der Waals surface area contributed by atoms with Crippen LogP contribution in [0.4, 0.5) is 10.6 Å². The Morgan fingerprint density at radius 3 is 2.97 bits per heavy atom. The van der Waals surface area contributed by atoms with Crippen molar-refractivity contribution in [2.45, 2.75) is 25.3 Å². The van der Waals surface area contributed by atoms with Crippen LogP contribution in [0.3, 0.4) is 0 Å². The first kappa shape index (κ1) is 19.1. The Morgan fingerprint density at radius 2 is 2.12 bits per heavy atom. The van der Waals surface area contributed by atoms with Crippen molar-refractivity contribution in [2.24, 2.45) is 0 Å². The zero-order chi connectivity index (χ0) is 22.2. The Bertz CT molecular complexity index is 1440. The summed E-state index contributed by atoms with van der Waals surface area (Å²) in [4.78, 5) is 21.1. The lowest BCUT2D eigenvalue weighted by molar-refractivity contribution is 0.254. The van der Waals surface area contributed by atoms with Crippen molar-refractivity contribution in [2.75, 3.05) is 5.32 Å². The van der Waals surface area contributed by atoms with Gasteiger partial charge in [0.05, 0.1) is 17.8 Å². The van der Waals surface area contributed by atoms with E-state index in [0.717, 1.165) is 29.5 Å². The maximum absolute atomic E-state index is 12.7. The molecule has 0 atom stereocenters. The molecule has 0 aliphatic heterocycles. The summed E-state index contributed by atoms with van der Waals surface area (Å²) in [5.41, 5.74) is 1.43. The van der Waals surface area contributed by atoms with Crippen LogP contribution in [0.15, 0.2) is 59.8 Å². The zero-order valence-corrected chi connectivity index (χ0v) is 17.2. The van der Waals surface area contributed by atoms with Crippen molar-refractivity contribution in [1.82, 2.24) is 39.9 Å². The van der Waals surface area contributed by atoms with Crippen molar-refractivity contribution in [3.63, 3.8) is 0 Å². The minimum atomic E-state index is -0.322. The maximum Gasteiger partial charge on any atom is 0.331 e. The van der Waals surface area contributed by atoms with Gasteiger partial charge in [0.1, 0.15) is 24.2 Å². The van der Waals surface area contributed by atoms with Gasteiger partial charge in [-0.15, -0.1) is 5.10 Å². The van der Waals surface area contributed by atoms with Crippen LogP contribution in [0.2, 0.25) is 0 Å². The average molecular weight is 443 g/mol. The summed E-state index contributed by atoms with van der Waals surface area (Å²) in [6.45, 7) is 0.399. The molecule has 1 saturated carbocycles. The molecule has 0 bridgehead atoms. The molecule has 0 saturated heterocycles. The predicted molar refractivity (Wildman–Crippen MR) is 114 cm³/mol. The fourth-order valence-electron chi connectivity index (χ4n) is 3.50. The van der Waals surface area contributed by atoms with Gasteiger partial charge in [-0.05, 0) is 47.5 Å². The van der Waals surface area contributed by atoms with E-state index < -0.39 is 0 Å². The van der Waals surface area contributed by atoms with E-state index in [9.17, 15) is 4.79 Å². The molecule has 33 heavy (non-hydrogen) atoms. The number of nitrogens with zero attached hydrogens (tertiary/aromatic N) is 8. The highest BCUT2D eigenvalue weighted by Gasteiger charge is 2.28. The van der Waals surface area contributed by atoms with E-state index in [0.29, 0.717) is 35.6 Å². The van der Waals surface area contributed by atoms with Crippen LogP contribution < -0.4 is 10.1 Å². The lowest BCUT2D eigenvalue weighted by Crippen LogP contribution is -2.18. The number of benzene rings is 1. The monoisotopic (exact) mass is 443 g/mol. The summed E-state index contributed by atoms with van der Waals surface area (Å²) in [5.74, 6) is 2.63. The van der Waals surface area contributed by atoms with Crippen LogP contribution in [0.25, 0.3) is 10.9 Å². The highest BCUT2D eigenvalue weighted by Crippen LogP contribution is 2.40. The van der Waals surface area contributed by atoms with E-state index in [1.54, 1.807) is 29.1 Å². The van der Waals surface area contributed by atoms with E-state index in [1.807, 2.05) is 18.2 Å². The first-order valence-electron chi connectivity index (χ1n) is 10.3. The van der Waals surface area contributed by atoms with Crippen molar-refractivity contribution < 1.29 is 14.1 Å². The fraction of sp³-hybridized carbons (Fsp3) is 0.190. The number of rotatable bonds is 6. The Kier molecular flexibility index (Phi) is 4.53. The minimum absolute atomic E-state index is 0.322. The van der Waals surface area contributed by atoms with Gasteiger partial charge >= 0.3 is 6.03 Å². The van der Waals surface area contributed by atoms with Gasteiger partial charge in [-0.3, -0.25) is 9.88 Å². The van der Waals surface area contributed by atoms with E-state index in [1.165, 1.54) is 17.2 Å². The molecule has 4 heterocycles. The zero-order valence-electron chi connectivity index (χ0n) is 17.2. The highest BCUT2D eigenvalue weighted by molar-refractivity contribution is 5.98. The maximum atomic E-state index is 12.7. The minimum Gasteiger partial charge on any atom is -0.439 e. The summed E-state index contributed by atoms with van der Waals surface area (Å²) < 4.78 is 14.3. The third kappa shape index (κ3) is 4.01. The number of hydrogen-bond donors (Lipinski definition) is 1. The first-order chi connectivity index (χ1) is 16.2. The number of aromatic nitrogens is 8. The van der Waals surface area contributed by atoms with Crippen LogP contribution in [0, 0.1) is 0 Å². The van der Waals surface area contributed by atoms with Crippen molar-refractivity contribution in [3.8, 4) is 11.6 Å². The molecule has 0 spiro atoms. The van der Waals surface area contributed by atoms with Crippen molar-refractivity contribution in [1.29, 1.82) is 0 Å². The third-order valence-corrected chi connectivity index (χ3v) is 5.26. The molecule has 1 aromatic carbocycles. The van der Waals surface area contributed by atoms with Crippen LogP contribution in [-0.4, -0.2) is 45.9 Å². The molecule has 0 radical (unpaired) electrons. The highest BCUT2D eigenvalue weighted by atomic mass is 16.5. The lowest BCUT2D eigenvalue weighted by Gasteiger charge is -2.07. The molecule has 1 aliphatic rings. The molecule has 0 unspecified atom stereocenters. The predicted octanol–water partition coefficient (Wildman–Crippen LogP) is 3.20. The standard InChI is InChI=1S/C21H17N9O3/c31-21(25-19-9-18(33-26-19)13-1-2-13)30-6-5-14-7-16(3-4-17(14)30)32-20-8-15(22-11-23-20)10-29-12-24-27-28-29/h3-9,11-13H,1-2,10H2,(H,25,26,31). The van der Waals surface area contributed by atoms with Crippen LogP contribution in [0.5, 0.6) is 11.6 Å². The number of tetrazole rings is 1. The number of fused-ring (bicyclic) bond motifs is 1. The molecule has 1 aliphatic carbocycles. The van der Waals surface area contributed by atoms with Crippen molar-refractivity contribution in [3.05, 3.63) is 66.7 Å². The molecular formula is C21H17N9O3. The van der Waals surface area contributed by atoms with Crippen LogP contribution in [0.1, 0.15) is 30.2 Å². The second-order valence-electron chi connectivity index (χ2n) is 7.68. The molecule has 1 amide bonds. The van der Waals surface area contributed by atoms with Gasteiger partial charge in [-0.2, -0.15) is 0 Å². The number of anilines is 1. The molecular weight excluding hydrogens is 426 g/mol. The normalized spacial score (nSPS) is 13.3. The van der Waals surface area contributed by atoms with Gasteiger partial charge in [0, 0.05) is 29.6 Å². The largest absolute Gasteiger partial charge is 0.439 e. The summed E-state index contributed by atoms with van der Waals surface area (Å²) in [5, 5.41) is 18.6. The Hall–Kier alpha value is -4.61. The number of nitrogens with one attached hydrogen (secondary N) is 1. The van der Waals surface area contributed by atoms with E-state index in [4.69, 9.17) is 9.26 Å². The summed E-state index contributed by atoms with van der Waals surface area (Å²) in [6.07, 6.45) is 6.83. The molecule has 164 valence electrons. The van der Waals surface area contributed by atoms with Gasteiger partial charge in [0.2, 0.25) is 5.88 Å². The Labute approximate surface area is 186 Å². The Balaban J connectivity index is 1.17. The average Bonchev–Trinajstić information content (AvgIpc) is 3.18. The number of carbonyl (C=O) groups is 1.